The van der Waals surface area contributed by atoms with Crippen LogP contribution in [0.4, 0.5) is 0 Å². The van der Waals surface area contributed by atoms with Gasteiger partial charge in [0.1, 0.15) is 12.7 Å². The first-order valence-corrected chi connectivity index (χ1v) is 6.48. The van der Waals surface area contributed by atoms with Gasteiger partial charge in [-0.25, -0.2) is 0 Å². The summed E-state index contributed by atoms with van der Waals surface area (Å²) < 4.78 is 10.4. The van der Waals surface area contributed by atoms with Gasteiger partial charge in [-0.1, -0.05) is 29.3 Å². The van der Waals surface area contributed by atoms with Gasteiger partial charge in [-0.3, -0.25) is 0 Å². The predicted octanol–water partition coefficient (Wildman–Crippen LogP) is 1.72. The van der Waals surface area contributed by atoms with Gasteiger partial charge in [-0.2, -0.15) is 0 Å². The number of aliphatic hydroxyl groups is 1. The average molecular weight is 292 g/mol. The Morgan fingerprint density at radius 2 is 2.06 bits per heavy atom. The predicted molar refractivity (Wildman–Crippen MR) is 70.6 cm³/mol. The van der Waals surface area contributed by atoms with E-state index in [4.69, 9.17) is 32.7 Å². The highest BCUT2D eigenvalue weighted by atomic mass is 35.5. The lowest BCUT2D eigenvalue weighted by Crippen LogP contribution is -2.49. The second kappa shape index (κ2) is 6.59. The van der Waals surface area contributed by atoms with Crippen molar-refractivity contribution in [2.75, 3.05) is 26.4 Å². The molecule has 1 fully saturated rings. The number of rotatable bonds is 6. The first-order chi connectivity index (χ1) is 8.66. The molecule has 6 heteroatoms. The summed E-state index contributed by atoms with van der Waals surface area (Å²) in [6.45, 7) is 1.99. The van der Waals surface area contributed by atoms with E-state index in [2.05, 4.69) is 5.32 Å². The van der Waals surface area contributed by atoms with E-state index < -0.39 is 6.10 Å². The van der Waals surface area contributed by atoms with E-state index in [0.717, 1.165) is 0 Å². The molecular formula is C12H15Cl2NO3. The maximum absolute atomic E-state index is 9.75. The van der Waals surface area contributed by atoms with Crippen LogP contribution < -0.4 is 10.1 Å². The van der Waals surface area contributed by atoms with E-state index in [0.29, 0.717) is 41.6 Å². The van der Waals surface area contributed by atoms with Crippen molar-refractivity contribution >= 4 is 23.2 Å². The van der Waals surface area contributed by atoms with Gasteiger partial charge in [0.15, 0.2) is 5.75 Å². The number of benzene rings is 1. The summed E-state index contributed by atoms with van der Waals surface area (Å²) in [6, 6.07) is 5.47. The number of hydrogen-bond donors (Lipinski definition) is 2. The van der Waals surface area contributed by atoms with Gasteiger partial charge in [0.25, 0.3) is 0 Å². The first-order valence-electron chi connectivity index (χ1n) is 5.73. The third-order valence-electron chi connectivity index (χ3n) is 2.62. The molecule has 4 nitrogen and oxygen atoms in total. The molecule has 0 amide bonds. The van der Waals surface area contributed by atoms with Crippen LogP contribution in [0.5, 0.6) is 5.75 Å². The van der Waals surface area contributed by atoms with Crippen molar-refractivity contribution < 1.29 is 14.6 Å². The summed E-state index contributed by atoms with van der Waals surface area (Å²) in [6.07, 6.45) is -0.613. The van der Waals surface area contributed by atoms with Crippen molar-refractivity contribution in [2.45, 2.75) is 12.1 Å². The normalized spacial score (nSPS) is 17.3. The number of halogens is 2. The molecular weight excluding hydrogens is 277 g/mol. The lowest BCUT2D eigenvalue weighted by molar-refractivity contribution is -0.0118. The first kappa shape index (κ1) is 13.9. The summed E-state index contributed by atoms with van der Waals surface area (Å²) in [5, 5.41) is 13.8. The van der Waals surface area contributed by atoms with E-state index in [9.17, 15) is 5.11 Å². The van der Waals surface area contributed by atoms with Crippen molar-refractivity contribution in [1.82, 2.24) is 5.32 Å². The molecule has 1 aliphatic heterocycles. The fourth-order valence-corrected chi connectivity index (χ4v) is 2.02. The summed E-state index contributed by atoms with van der Waals surface area (Å²) in [7, 11) is 0. The number of ether oxygens (including phenoxy) is 2. The van der Waals surface area contributed by atoms with Crippen LogP contribution in [-0.2, 0) is 4.74 Å². The molecule has 0 bridgehead atoms. The Morgan fingerprint density at radius 1 is 1.39 bits per heavy atom. The van der Waals surface area contributed by atoms with Crippen LogP contribution in [0.2, 0.25) is 10.0 Å². The van der Waals surface area contributed by atoms with Crippen molar-refractivity contribution in [1.29, 1.82) is 0 Å². The lowest BCUT2D eigenvalue weighted by atomic mass is 10.2. The van der Waals surface area contributed by atoms with Crippen molar-refractivity contribution in [2.24, 2.45) is 0 Å². The average Bonchev–Trinajstić information content (AvgIpc) is 2.26. The molecule has 18 heavy (non-hydrogen) atoms. The van der Waals surface area contributed by atoms with E-state index in [-0.39, 0.29) is 6.61 Å². The Hall–Kier alpha value is -0.520. The molecule has 1 atom stereocenters. The highest BCUT2D eigenvalue weighted by Crippen LogP contribution is 2.32. The van der Waals surface area contributed by atoms with E-state index in [1.807, 2.05) is 0 Å². The van der Waals surface area contributed by atoms with Gasteiger partial charge in [0.05, 0.1) is 29.3 Å². The van der Waals surface area contributed by atoms with Crippen LogP contribution in [-0.4, -0.2) is 43.6 Å². The number of nitrogens with one attached hydrogen (secondary N) is 1. The second-order valence-electron chi connectivity index (χ2n) is 4.16. The zero-order valence-corrected chi connectivity index (χ0v) is 11.2. The standard InChI is InChI=1S/C12H15Cl2NO3/c13-10-2-1-3-11(14)12(10)18-7-9(16)4-15-8-5-17-6-8/h1-3,8-9,15-16H,4-7H2. The van der Waals surface area contributed by atoms with Gasteiger partial charge < -0.3 is 19.9 Å². The van der Waals surface area contributed by atoms with Gasteiger partial charge in [0, 0.05) is 6.54 Å². The molecule has 1 heterocycles. The largest absolute Gasteiger partial charge is 0.488 e. The smallest absolute Gasteiger partial charge is 0.156 e. The molecule has 1 aromatic rings. The van der Waals surface area contributed by atoms with Crippen molar-refractivity contribution in [3.05, 3.63) is 28.2 Å². The Balaban J connectivity index is 1.75. The van der Waals surface area contributed by atoms with Crippen molar-refractivity contribution in [3.8, 4) is 5.75 Å². The highest BCUT2D eigenvalue weighted by molar-refractivity contribution is 6.37. The van der Waals surface area contributed by atoms with Crippen LogP contribution in [0.3, 0.4) is 0 Å². The molecule has 0 aromatic heterocycles. The molecule has 1 aromatic carbocycles. The zero-order chi connectivity index (χ0) is 13.0. The zero-order valence-electron chi connectivity index (χ0n) is 9.73. The molecule has 0 saturated carbocycles. The van der Waals surface area contributed by atoms with Crippen LogP contribution >= 0.6 is 23.2 Å². The van der Waals surface area contributed by atoms with Crippen LogP contribution in [0, 0.1) is 0 Å². The number of para-hydroxylation sites is 1. The topological polar surface area (TPSA) is 50.7 Å². The van der Waals surface area contributed by atoms with Crippen LogP contribution in [0.25, 0.3) is 0 Å². The van der Waals surface area contributed by atoms with Gasteiger partial charge in [0.2, 0.25) is 0 Å². The summed E-state index contributed by atoms with van der Waals surface area (Å²) >= 11 is 11.9. The summed E-state index contributed by atoms with van der Waals surface area (Å²) in [4.78, 5) is 0. The van der Waals surface area contributed by atoms with E-state index in [1.165, 1.54) is 0 Å². The Kier molecular flexibility index (Phi) is 5.09. The second-order valence-corrected chi connectivity index (χ2v) is 4.97. The molecule has 1 unspecified atom stereocenters. The maximum atomic E-state index is 9.75. The van der Waals surface area contributed by atoms with Gasteiger partial charge >= 0.3 is 0 Å². The summed E-state index contributed by atoms with van der Waals surface area (Å²) in [5.41, 5.74) is 0. The minimum atomic E-state index is -0.613. The quantitative estimate of drug-likeness (QED) is 0.838. The van der Waals surface area contributed by atoms with E-state index in [1.54, 1.807) is 18.2 Å². The molecule has 2 rings (SSSR count). The minimum absolute atomic E-state index is 0.143. The SMILES string of the molecule is OC(CNC1COC1)COc1c(Cl)cccc1Cl. The third-order valence-corrected chi connectivity index (χ3v) is 3.21. The van der Waals surface area contributed by atoms with Crippen LogP contribution in [0.1, 0.15) is 0 Å². The lowest BCUT2D eigenvalue weighted by Gasteiger charge is -2.28. The Labute approximate surface area is 116 Å². The third kappa shape index (κ3) is 3.73. The Morgan fingerprint density at radius 3 is 2.61 bits per heavy atom. The molecule has 2 N–H and O–H groups in total. The molecule has 1 saturated heterocycles. The maximum Gasteiger partial charge on any atom is 0.156 e. The fourth-order valence-electron chi connectivity index (χ4n) is 1.52. The summed E-state index contributed by atoms with van der Waals surface area (Å²) in [5.74, 6) is 0.409. The molecule has 1 aliphatic rings. The van der Waals surface area contributed by atoms with Gasteiger partial charge in [-0.15, -0.1) is 0 Å². The Bertz CT molecular complexity index is 379. The molecule has 0 aliphatic carbocycles. The van der Waals surface area contributed by atoms with Gasteiger partial charge in [-0.05, 0) is 12.1 Å². The highest BCUT2D eigenvalue weighted by Gasteiger charge is 2.19. The molecule has 0 radical (unpaired) electrons. The fraction of sp³-hybridized carbons (Fsp3) is 0.500. The van der Waals surface area contributed by atoms with Crippen LogP contribution in [0.15, 0.2) is 18.2 Å². The number of aliphatic hydroxyl groups excluding tert-OH is 1. The molecule has 100 valence electrons. The number of hydrogen-bond acceptors (Lipinski definition) is 4. The minimum Gasteiger partial charge on any atom is -0.488 e. The van der Waals surface area contributed by atoms with E-state index >= 15 is 0 Å². The van der Waals surface area contributed by atoms with Crippen molar-refractivity contribution in [3.63, 3.8) is 0 Å². The monoisotopic (exact) mass is 291 g/mol. The molecule has 0 spiro atoms.